The molecule has 152 valence electrons. The lowest BCUT2D eigenvalue weighted by atomic mass is 10.1. The summed E-state index contributed by atoms with van der Waals surface area (Å²) in [6, 6.07) is 16.0. The van der Waals surface area contributed by atoms with Gasteiger partial charge in [-0.15, -0.1) is 0 Å². The second-order valence-corrected chi connectivity index (χ2v) is 8.07. The Kier molecular flexibility index (Phi) is 5.58. The molecule has 0 N–H and O–H groups in total. The van der Waals surface area contributed by atoms with E-state index in [2.05, 4.69) is 4.98 Å². The Balaban J connectivity index is 1.71. The van der Waals surface area contributed by atoms with Crippen LogP contribution in [0.25, 0.3) is 21.3 Å². The Hall–Kier alpha value is -3.14. The van der Waals surface area contributed by atoms with E-state index >= 15 is 0 Å². The molecule has 9 heteroatoms. The van der Waals surface area contributed by atoms with E-state index in [9.17, 15) is 17.9 Å². The molecule has 4 aromatic rings. The molecule has 3 aromatic carbocycles. The first-order valence-electron chi connectivity index (χ1n) is 8.69. The van der Waals surface area contributed by atoms with Crippen LogP contribution in [0.4, 0.5) is 15.1 Å². The fourth-order valence-corrected chi connectivity index (χ4v) is 4.60. The van der Waals surface area contributed by atoms with Crippen LogP contribution in [0, 0.1) is 5.82 Å². The molecule has 6 nitrogen and oxygen atoms in total. The molecule has 0 bridgehead atoms. The zero-order valence-corrected chi connectivity index (χ0v) is 17.2. The van der Waals surface area contributed by atoms with Crippen molar-refractivity contribution in [2.24, 2.45) is 0 Å². The van der Waals surface area contributed by atoms with Gasteiger partial charge in [0.2, 0.25) is 0 Å². The molecule has 0 spiro atoms. The van der Waals surface area contributed by atoms with E-state index in [-0.39, 0.29) is 5.82 Å². The second kappa shape index (κ2) is 8.31. The Morgan fingerprint density at radius 2 is 1.80 bits per heavy atom. The van der Waals surface area contributed by atoms with Gasteiger partial charge in [0.1, 0.15) is 15.8 Å². The lowest BCUT2D eigenvalue weighted by molar-refractivity contribution is 0.0601. The van der Waals surface area contributed by atoms with Gasteiger partial charge in [-0.1, -0.05) is 23.5 Å². The molecule has 1 unspecified atom stereocenters. The minimum absolute atomic E-state index is 0.357. The van der Waals surface area contributed by atoms with E-state index in [1.54, 1.807) is 48.5 Å². The number of rotatable bonds is 5. The van der Waals surface area contributed by atoms with Gasteiger partial charge in [0.25, 0.3) is 0 Å². The van der Waals surface area contributed by atoms with Crippen LogP contribution in [0.3, 0.4) is 0 Å². The van der Waals surface area contributed by atoms with Crippen LogP contribution in [0.2, 0.25) is 0 Å². The Morgan fingerprint density at radius 3 is 2.50 bits per heavy atom. The quantitative estimate of drug-likeness (QED) is 0.328. The molecule has 0 aliphatic rings. The van der Waals surface area contributed by atoms with Crippen molar-refractivity contribution in [2.75, 3.05) is 11.4 Å². The third-order valence-electron chi connectivity index (χ3n) is 4.41. The Labute approximate surface area is 178 Å². The van der Waals surface area contributed by atoms with Crippen molar-refractivity contribution < 1.29 is 22.7 Å². The number of hydrogen-bond acceptors (Lipinski definition) is 6. The van der Waals surface area contributed by atoms with E-state index in [0.717, 1.165) is 15.1 Å². The summed E-state index contributed by atoms with van der Waals surface area (Å²) in [5.74, 6) is -0.800. The second-order valence-electron chi connectivity index (χ2n) is 6.26. The number of aromatic nitrogens is 1. The van der Waals surface area contributed by atoms with Gasteiger partial charge in [-0.3, -0.25) is 8.51 Å². The van der Waals surface area contributed by atoms with E-state index in [1.165, 1.54) is 36.8 Å². The average molecular weight is 441 g/mol. The summed E-state index contributed by atoms with van der Waals surface area (Å²) in [4.78, 5) is 16.0. The highest BCUT2D eigenvalue weighted by Crippen LogP contribution is 2.37. The predicted octanol–water partition coefficient (Wildman–Crippen LogP) is 4.82. The Bertz CT molecular complexity index is 1260. The SMILES string of the molecule is COC(=O)c1ccc2cc(N(c3cnc(-c4ccc(F)cc4)s3)S(=O)[O-])ccc2c1. The molecular formula is C21H14FN2O4S2-. The zero-order valence-electron chi connectivity index (χ0n) is 15.6. The number of thiazole rings is 1. The number of anilines is 2. The fraction of sp³-hybridized carbons (Fsp3) is 0.0476. The molecule has 30 heavy (non-hydrogen) atoms. The smallest absolute Gasteiger partial charge is 0.337 e. The molecule has 0 amide bonds. The minimum Gasteiger partial charge on any atom is -0.755 e. The van der Waals surface area contributed by atoms with Crippen LogP contribution in [0.1, 0.15) is 10.4 Å². The van der Waals surface area contributed by atoms with E-state index in [0.29, 0.717) is 26.8 Å². The normalized spacial score (nSPS) is 12.0. The van der Waals surface area contributed by atoms with E-state index in [4.69, 9.17) is 4.74 Å². The first-order valence-corrected chi connectivity index (χ1v) is 10.5. The Morgan fingerprint density at radius 1 is 1.10 bits per heavy atom. The highest BCUT2D eigenvalue weighted by molar-refractivity contribution is 7.81. The summed E-state index contributed by atoms with van der Waals surface area (Å²) in [6.07, 6.45) is 1.46. The highest BCUT2D eigenvalue weighted by atomic mass is 32.2. The first kappa shape index (κ1) is 20.1. The summed E-state index contributed by atoms with van der Waals surface area (Å²) in [5.41, 5.74) is 1.53. The van der Waals surface area contributed by atoms with Crippen molar-refractivity contribution in [3.8, 4) is 10.6 Å². The molecule has 1 aromatic heterocycles. The lowest BCUT2D eigenvalue weighted by Crippen LogP contribution is -2.18. The molecule has 0 radical (unpaired) electrons. The third kappa shape index (κ3) is 3.95. The summed E-state index contributed by atoms with van der Waals surface area (Å²) in [7, 11) is 1.31. The maximum absolute atomic E-state index is 13.1. The highest BCUT2D eigenvalue weighted by Gasteiger charge is 2.16. The molecule has 0 saturated heterocycles. The maximum atomic E-state index is 13.1. The van der Waals surface area contributed by atoms with E-state index < -0.39 is 17.2 Å². The molecule has 1 heterocycles. The summed E-state index contributed by atoms with van der Waals surface area (Å²) >= 11 is -1.41. The standard InChI is InChI=1S/C21H15FN2O4S2/c1-28-21(25)16-3-2-15-11-18(9-6-14(15)10-16)24(30(26)27)19-12-23-20(29-19)13-4-7-17(22)8-5-13/h2-12H,1H3,(H,26,27)/p-1. The summed E-state index contributed by atoms with van der Waals surface area (Å²) < 4.78 is 43.0. The zero-order chi connectivity index (χ0) is 21.3. The van der Waals surface area contributed by atoms with Gasteiger partial charge < -0.3 is 9.29 Å². The number of hydrogen-bond donors (Lipinski definition) is 0. The number of benzene rings is 3. The van der Waals surface area contributed by atoms with Crippen molar-refractivity contribution in [1.29, 1.82) is 0 Å². The average Bonchev–Trinajstić information content (AvgIpc) is 3.22. The lowest BCUT2D eigenvalue weighted by Gasteiger charge is -2.24. The van der Waals surface area contributed by atoms with Gasteiger partial charge in [-0.2, -0.15) is 0 Å². The molecule has 0 aliphatic heterocycles. The maximum Gasteiger partial charge on any atom is 0.337 e. The monoisotopic (exact) mass is 441 g/mol. The number of carbonyl (C=O) groups is 1. The number of fused-ring (bicyclic) bond motifs is 1. The van der Waals surface area contributed by atoms with Gasteiger partial charge in [0, 0.05) is 5.56 Å². The molecule has 0 aliphatic carbocycles. The van der Waals surface area contributed by atoms with Crippen LogP contribution in [0.15, 0.2) is 66.9 Å². The minimum atomic E-state index is -2.59. The molecule has 4 rings (SSSR count). The number of nitrogens with zero attached hydrogens (tertiary/aromatic N) is 2. The number of esters is 1. The van der Waals surface area contributed by atoms with Gasteiger partial charge in [-0.05, 0) is 59.3 Å². The van der Waals surface area contributed by atoms with E-state index in [1.807, 2.05) is 0 Å². The van der Waals surface area contributed by atoms with Crippen LogP contribution >= 0.6 is 11.3 Å². The van der Waals surface area contributed by atoms with Crippen molar-refractivity contribution in [1.82, 2.24) is 4.98 Å². The van der Waals surface area contributed by atoms with Crippen molar-refractivity contribution in [3.63, 3.8) is 0 Å². The van der Waals surface area contributed by atoms with Gasteiger partial charge >= 0.3 is 5.97 Å². The largest absolute Gasteiger partial charge is 0.755 e. The molecule has 0 saturated carbocycles. The van der Waals surface area contributed by atoms with Crippen molar-refractivity contribution >= 4 is 50.0 Å². The van der Waals surface area contributed by atoms with Crippen molar-refractivity contribution in [2.45, 2.75) is 0 Å². The van der Waals surface area contributed by atoms with Gasteiger partial charge in [0.05, 0.1) is 35.8 Å². The molecule has 1 atom stereocenters. The van der Waals surface area contributed by atoms with Crippen LogP contribution < -0.4 is 4.31 Å². The summed E-state index contributed by atoms with van der Waals surface area (Å²) in [6.45, 7) is 0. The first-order chi connectivity index (χ1) is 14.5. The van der Waals surface area contributed by atoms with Crippen molar-refractivity contribution in [3.05, 3.63) is 78.2 Å². The number of ether oxygens (including phenoxy) is 1. The number of methoxy groups -OCH3 is 1. The molecular weight excluding hydrogens is 427 g/mol. The summed E-state index contributed by atoms with van der Waals surface area (Å²) in [5, 5.41) is 2.51. The van der Waals surface area contributed by atoms with Gasteiger partial charge in [0.15, 0.2) is 0 Å². The molecule has 0 fully saturated rings. The van der Waals surface area contributed by atoms with Crippen LogP contribution in [-0.2, 0) is 16.0 Å². The third-order valence-corrected chi connectivity index (χ3v) is 6.27. The number of halogens is 1. The fourth-order valence-electron chi connectivity index (χ4n) is 2.98. The predicted molar refractivity (Wildman–Crippen MR) is 114 cm³/mol. The van der Waals surface area contributed by atoms with Gasteiger partial charge in [-0.25, -0.2) is 14.2 Å². The van der Waals surface area contributed by atoms with Crippen LogP contribution in [-0.4, -0.2) is 26.8 Å². The van der Waals surface area contributed by atoms with Crippen LogP contribution in [0.5, 0.6) is 0 Å². The number of carbonyl (C=O) groups excluding carboxylic acids is 1. The topological polar surface area (TPSA) is 82.6 Å².